The van der Waals surface area contributed by atoms with Crippen LogP contribution in [0.15, 0.2) is 17.0 Å². The van der Waals surface area contributed by atoms with Gasteiger partial charge in [0.25, 0.3) is 0 Å². The monoisotopic (exact) mass is 320 g/mol. The molecule has 1 aliphatic rings. The van der Waals surface area contributed by atoms with Crippen molar-refractivity contribution in [2.45, 2.75) is 18.2 Å². The van der Waals surface area contributed by atoms with Crippen molar-refractivity contribution in [2.75, 3.05) is 30.3 Å². The predicted octanol–water partition coefficient (Wildman–Crippen LogP) is 2.36. The Kier molecular flexibility index (Phi) is 4.66. The number of thioether (sulfide) groups is 1. The van der Waals surface area contributed by atoms with Crippen molar-refractivity contribution >= 4 is 39.1 Å². The third-order valence-electron chi connectivity index (χ3n) is 3.12. The van der Waals surface area contributed by atoms with E-state index in [0.29, 0.717) is 18.8 Å². The van der Waals surface area contributed by atoms with Crippen molar-refractivity contribution in [3.8, 4) is 0 Å². The standard InChI is InChI=1S/C12H17ClN2O2S2/c1-9-7-10(13)12(8-11(9)14)19(16,17)15-3-2-5-18-6-4-15/h7-8H,2-6,14H2,1H3. The molecule has 4 nitrogen and oxygen atoms in total. The van der Waals surface area contributed by atoms with Gasteiger partial charge < -0.3 is 5.73 Å². The van der Waals surface area contributed by atoms with Gasteiger partial charge in [-0.3, -0.25) is 0 Å². The lowest BCUT2D eigenvalue weighted by molar-refractivity contribution is 0.435. The van der Waals surface area contributed by atoms with Gasteiger partial charge in [0.1, 0.15) is 4.90 Å². The molecule has 0 aromatic heterocycles. The van der Waals surface area contributed by atoms with Crippen LogP contribution in [0.1, 0.15) is 12.0 Å². The number of rotatable bonds is 2. The number of halogens is 1. The van der Waals surface area contributed by atoms with Crippen molar-refractivity contribution in [1.82, 2.24) is 4.31 Å². The molecule has 19 heavy (non-hydrogen) atoms. The van der Waals surface area contributed by atoms with Gasteiger partial charge in [0, 0.05) is 24.5 Å². The van der Waals surface area contributed by atoms with E-state index in [1.54, 1.807) is 24.8 Å². The first-order valence-corrected chi connectivity index (χ1v) is 9.03. The van der Waals surface area contributed by atoms with Crippen LogP contribution in [0.4, 0.5) is 5.69 Å². The Morgan fingerprint density at radius 2 is 2.05 bits per heavy atom. The van der Waals surface area contributed by atoms with Crippen LogP contribution in [0.25, 0.3) is 0 Å². The first kappa shape index (κ1) is 15.0. The molecule has 0 unspecified atom stereocenters. The second-order valence-corrected chi connectivity index (χ2v) is 8.05. The fraction of sp³-hybridized carbons (Fsp3) is 0.500. The van der Waals surface area contributed by atoms with Gasteiger partial charge in [0.2, 0.25) is 10.0 Å². The van der Waals surface area contributed by atoms with E-state index in [1.165, 1.54) is 10.4 Å². The third-order valence-corrected chi connectivity index (χ3v) is 6.53. The van der Waals surface area contributed by atoms with E-state index in [9.17, 15) is 8.42 Å². The number of hydrogen-bond acceptors (Lipinski definition) is 4. The lowest BCUT2D eigenvalue weighted by atomic mass is 10.2. The first-order chi connectivity index (χ1) is 8.93. The largest absolute Gasteiger partial charge is 0.398 e. The lowest BCUT2D eigenvalue weighted by Crippen LogP contribution is -2.33. The highest BCUT2D eigenvalue weighted by atomic mass is 35.5. The van der Waals surface area contributed by atoms with Crippen molar-refractivity contribution in [3.05, 3.63) is 22.7 Å². The SMILES string of the molecule is Cc1cc(Cl)c(S(=O)(=O)N2CCCSCC2)cc1N. The normalized spacial score (nSPS) is 18.2. The summed E-state index contributed by atoms with van der Waals surface area (Å²) in [5.74, 6) is 1.81. The Hall–Kier alpha value is -0.430. The molecular formula is C12H17ClN2O2S2. The molecule has 0 spiro atoms. The van der Waals surface area contributed by atoms with Crippen LogP contribution in [-0.2, 0) is 10.0 Å². The van der Waals surface area contributed by atoms with E-state index in [-0.39, 0.29) is 9.92 Å². The highest BCUT2D eigenvalue weighted by Crippen LogP contribution is 2.30. The molecule has 1 fully saturated rings. The molecule has 1 saturated heterocycles. The minimum atomic E-state index is -3.55. The number of nitrogens with zero attached hydrogens (tertiary/aromatic N) is 1. The molecule has 1 heterocycles. The number of nitrogen functional groups attached to an aromatic ring is 1. The van der Waals surface area contributed by atoms with Crippen LogP contribution in [0.5, 0.6) is 0 Å². The maximum Gasteiger partial charge on any atom is 0.244 e. The molecule has 0 saturated carbocycles. The van der Waals surface area contributed by atoms with E-state index in [4.69, 9.17) is 17.3 Å². The Labute approximate surface area is 123 Å². The zero-order valence-corrected chi connectivity index (χ0v) is 13.1. The van der Waals surface area contributed by atoms with Gasteiger partial charge in [-0.2, -0.15) is 16.1 Å². The molecule has 106 valence electrons. The third kappa shape index (κ3) is 3.18. The predicted molar refractivity (Wildman–Crippen MR) is 81.3 cm³/mol. The molecule has 0 bridgehead atoms. The number of sulfonamides is 1. The van der Waals surface area contributed by atoms with E-state index in [1.807, 2.05) is 0 Å². The van der Waals surface area contributed by atoms with Gasteiger partial charge in [-0.15, -0.1) is 0 Å². The number of anilines is 1. The smallest absolute Gasteiger partial charge is 0.244 e. The van der Waals surface area contributed by atoms with Crippen LogP contribution >= 0.6 is 23.4 Å². The van der Waals surface area contributed by atoms with Crippen LogP contribution in [0, 0.1) is 6.92 Å². The Morgan fingerprint density at radius 3 is 2.79 bits per heavy atom. The van der Waals surface area contributed by atoms with Crippen molar-refractivity contribution in [3.63, 3.8) is 0 Å². The summed E-state index contributed by atoms with van der Waals surface area (Å²) in [4.78, 5) is 0.115. The zero-order valence-electron chi connectivity index (χ0n) is 10.7. The molecule has 7 heteroatoms. The van der Waals surface area contributed by atoms with E-state index >= 15 is 0 Å². The highest BCUT2D eigenvalue weighted by Gasteiger charge is 2.27. The second-order valence-electron chi connectivity index (χ2n) is 4.51. The zero-order chi connectivity index (χ0) is 14.0. The van der Waals surface area contributed by atoms with Gasteiger partial charge in [0.15, 0.2) is 0 Å². The van der Waals surface area contributed by atoms with Crippen LogP contribution in [0.2, 0.25) is 5.02 Å². The number of benzene rings is 1. The summed E-state index contributed by atoms with van der Waals surface area (Å²) in [7, 11) is -3.55. The summed E-state index contributed by atoms with van der Waals surface area (Å²) < 4.78 is 26.7. The molecule has 0 atom stereocenters. The average Bonchev–Trinajstić information content (AvgIpc) is 2.62. The Morgan fingerprint density at radius 1 is 1.32 bits per heavy atom. The summed E-state index contributed by atoms with van der Waals surface area (Å²) in [5.41, 5.74) is 7.04. The minimum absolute atomic E-state index is 0.115. The van der Waals surface area contributed by atoms with Gasteiger partial charge in [-0.25, -0.2) is 8.42 Å². The van der Waals surface area contributed by atoms with Gasteiger partial charge >= 0.3 is 0 Å². The second kappa shape index (κ2) is 5.91. The number of nitrogens with two attached hydrogens (primary N) is 1. The molecule has 2 rings (SSSR count). The molecule has 2 N–H and O–H groups in total. The molecule has 0 aliphatic carbocycles. The van der Waals surface area contributed by atoms with Crippen LogP contribution < -0.4 is 5.73 Å². The minimum Gasteiger partial charge on any atom is -0.398 e. The van der Waals surface area contributed by atoms with E-state index in [0.717, 1.165) is 23.5 Å². The summed E-state index contributed by atoms with van der Waals surface area (Å²) in [5, 5.41) is 0.239. The summed E-state index contributed by atoms with van der Waals surface area (Å²) >= 11 is 7.86. The lowest BCUT2D eigenvalue weighted by Gasteiger charge is -2.20. The quantitative estimate of drug-likeness (QED) is 0.850. The molecule has 0 amide bonds. The molecular weight excluding hydrogens is 304 g/mol. The molecule has 0 radical (unpaired) electrons. The van der Waals surface area contributed by atoms with Crippen LogP contribution in [0.3, 0.4) is 0 Å². The number of hydrogen-bond donors (Lipinski definition) is 1. The number of aryl methyl sites for hydroxylation is 1. The summed E-state index contributed by atoms with van der Waals surface area (Å²) in [6.45, 7) is 2.87. The van der Waals surface area contributed by atoms with Crippen molar-refractivity contribution in [1.29, 1.82) is 0 Å². The fourth-order valence-electron chi connectivity index (χ4n) is 1.97. The topological polar surface area (TPSA) is 63.4 Å². The Balaban J connectivity index is 2.41. The van der Waals surface area contributed by atoms with Gasteiger partial charge in [0.05, 0.1) is 5.02 Å². The molecule has 1 aromatic rings. The maximum atomic E-state index is 12.6. The average molecular weight is 321 g/mol. The molecule has 1 aromatic carbocycles. The van der Waals surface area contributed by atoms with E-state index in [2.05, 4.69) is 0 Å². The summed E-state index contributed by atoms with van der Waals surface area (Å²) in [6, 6.07) is 3.07. The molecule has 1 aliphatic heterocycles. The summed E-state index contributed by atoms with van der Waals surface area (Å²) in [6.07, 6.45) is 0.864. The highest BCUT2D eigenvalue weighted by molar-refractivity contribution is 7.99. The fourth-order valence-corrected chi connectivity index (χ4v) is 5.04. The van der Waals surface area contributed by atoms with Gasteiger partial charge in [-0.05, 0) is 36.8 Å². The van der Waals surface area contributed by atoms with E-state index < -0.39 is 10.0 Å². The van der Waals surface area contributed by atoms with Crippen molar-refractivity contribution in [2.24, 2.45) is 0 Å². The Bertz CT molecular complexity index is 567. The first-order valence-electron chi connectivity index (χ1n) is 6.06. The van der Waals surface area contributed by atoms with Crippen LogP contribution in [-0.4, -0.2) is 37.3 Å². The van der Waals surface area contributed by atoms with Crippen molar-refractivity contribution < 1.29 is 8.42 Å². The maximum absolute atomic E-state index is 12.6. The van der Waals surface area contributed by atoms with Gasteiger partial charge in [-0.1, -0.05) is 11.6 Å².